The van der Waals surface area contributed by atoms with E-state index in [0.29, 0.717) is 12.8 Å². The first-order valence-electron chi connectivity index (χ1n) is 6.84. The highest BCUT2D eigenvalue weighted by Crippen LogP contribution is 2.44. The third-order valence-corrected chi connectivity index (χ3v) is 3.93. The van der Waals surface area contributed by atoms with Gasteiger partial charge in [0, 0.05) is 5.41 Å². The lowest BCUT2D eigenvalue weighted by atomic mass is 9.78. The van der Waals surface area contributed by atoms with Crippen LogP contribution in [0.4, 0.5) is 4.39 Å². The first-order valence-corrected chi connectivity index (χ1v) is 6.84. The Hall–Kier alpha value is -1.96. The van der Waals surface area contributed by atoms with Crippen LogP contribution in [0.5, 0.6) is 0 Å². The smallest absolute Gasteiger partial charge is 0.165 e. The van der Waals surface area contributed by atoms with Crippen molar-refractivity contribution in [3.8, 4) is 0 Å². The summed E-state index contributed by atoms with van der Waals surface area (Å²) in [7, 11) is 0. The molecule has 0 bridgehead atoms. The van der Waals surface area contributed by atoms with Crippen molar-refractivity contribution in [2.24, 2.45) is 5.41 Å². The molecule has 2 rings (SSSR count). The summed E-state index contributed by atoms with van der Waals surface area (Å²) in [6.45, 7) is 7.51. The van der Waals surface area contributed by atoms with Gasteiger partial charge in [-0.2, -0.15) is 0 Å². The molecule has 1 aromatic carbocycles. The molecule has 1 aliphatic carbocycles. The maximum Gasteiger partial charge on any atom is 0.165 e. The molecular formula is C18H19FO. The molecule has 0 N–H and O–H groups in total. The number of carbonyl (C=O) groups is 1. The number of hydrogen-bond acceptors (Lipinski definition) is 1. The molecule has 1 fully saturated rings. The van der Waals surface area contributed by atoms with Crippen LogP contribution in [0.1, 0.15) is 31.2 Å². The fourth-order valence-electron chi connectivity index (χ4n) is 2.86. The van der Waals surface area contributed by atoms with Crippen molar-refractivity contribution in [1.82, 2.24) is 0 Å². The molecule has 0 radical (unpaired) electrons. The van der Waals surface area contributed by atoms with E-state index in [1.165, 1.54) is 12.1 Å². The fourth-order valence-corrected chi connectivity index (χ4v) is 2.86. The van der Waals surface area contributed by atoms with Gasteiger partial charge in [0.1, 0.15) is 5.82 Å². The molecule has 1 nitrogen and oxygen atoms in total. The second-order valence-electron chi connectivity index (χ2n) is 5.32. The van der Waals surface area contributed by atoms with E-state index in [4.69, 9.17) is 0 Å². The van der Waals surface area contributed by atoms with Crippen molar-refractivity contribution >= 4 is 11.9 Å². The maximum atomic E-state index is 12.9. The first kappa shape index (κ1) is 14.4. The minimum Gasteiger partial charge on any atom is -0.294 e. The van der Waals surface area contributed by atoms with E-state index >= 15 is 0 Å². The molecule has 0 aliphatic heterocycles. The Kier molecular flexibility index (Phi) is 4.33. The molecule has 0 spiro atoms. The Labute approximate surface area is 119 Å². The van der Waals surface area contributed by atoms with Crippen LogP contribution in [-0.4, -0.2) is 5.78 Å². The van der Waals surface area contributed by atoms with Crippen molar-refractivity contribution in [2.75, 3.05) is 0 Å². The Bertz CT molecular complexity index is 541. The quantitative estimate of drug-likeness (QED) is 0.559. The standard InChI is InChI=1S/C18H19FO/c1-3-10-18(11-4-2)12-9-15(17(18)20)13-14-5-7-16(19)8-6-14/h3-8,13H,1-2,9-12H2/b15-13+. The Balaban J connectivity index is 2.27. The third-order valence-electron chi connectivity index (χ3n) is 3.93. The lowest BCUT2D eigenvalue weighted by Gasteiger charge is -2.23. The van der Waals surface area contributed by atoms with E-state index in [1.807, 2.05) is 18.2 Å². The second-order valence-corrected chi connectivity index (χ2v) is 5.32. The second kappa shape index (κ2) is 6.00. The van der Waals surface area contributed by atoms with Gasteiger partial charge in [-0.1, -0.05) is 24.3 Å². The molecule has 104 valence electrons. The average molecular weight is 270 g/mol. The zero-order valence-electron chi connectivity index (χ0n) is 11.6. The Morgan fingerprint density at radius 3 is 2.30 bits per heavy atom. The van der Waals surface area contributed by atoms with Crippen molar-refractivity contribution in [3.63, 3.8) is 0 Å². The molecule has 1 saturated carbocycles. The van der Waals surface area contributed by atoms with Gasteiger partial charge in [-0.25, -0.2) is 4.39 Å². The van der Waals surface area contributed by atoms with Crippen LogP contribution in [0.2, 0.25) is 0 Å². The summed E-state index contributed by atoms with van der Waals surface area (Å²) in [5, 5.41) is 0. The lowest BCUT2D eigenvalue weighted by Crippen LogP contribution is -2.24. The topological polar surface area (TPSA) is 17.1 Å². The summed E-state index contributed by atoms with van der Waals surface area (Å²) >= 11 is 0. The third kappa shape index (κ3) is 2.79. The molecule has 20 heavy (non-hydrogen) atoms. The number of halogens is 1. The monoisotopic (exact) mass is 270 g/mol. The summed E-state index contributed by atoms with van der Waals surface area (Å²) in [4.78, 5) is 12.6. The van der Waals surface area contributed by atoms with Crippen molar-refractivity contribution in [2.45, 2.75) is 25.7 Å². The average Bonchev–Trinajstić information content (AvgIpc) is 2.72. The van der Waals surface area contributed by atoms with Gasteiger partial charge >= 0.3 is 0 Å². The van der Waals surface area contributed by atoms with Gasteiger partial charge in [-0.05, 0) is 55.0 Å². The summed E-state index contributed by atoms with van der Waals surface area (Å²) in [6.07, 6.45) is 8.44. The van der Waals surface area contributed by atoms with Crippen LogP contribution in [-0.2, 0) is 4.79 Å². The van der Waals surface area contributed by atoms with Crippen molar-refractivity contribution in [3.05, 3.63) is 66.5 Å². The SMILES string of the molecule is C=CCC1(CC=C)CC/C(=C\c2ccc(F)cc2)C1=O. The van der Waals surface area contributed by atoms with Crippen molar-refractivity contribution < 1.29 is 9.18 Å². The van der Waals surface area contributed by atoms with E-state index < -0.39 is 0 Å². The van der Waals surface area contributed by atoms with Crippen LogP contribution >= 0.6 is 0 Å². The predicted octanol–water partition coefficient (Wildman–Crippen LogP) is 4.71. The van der Waals surface area contributed by atoms with Crippen LogP contribution in [0.25, 0.3) is 6.08 Å². The molecule has 0 saturated heterocycles. The number of benzene rings is 1. The van der Waals surface area contributed by atoms with Crippen LogP contribution in [0.15, 0.2) is 55.1 Å². The van der Waals surface area contributed by atoms with E-state index in [-0.39, 0.29) is 17.0 Å². The highest BCUT2D eigenvalue weighted by Gasteiger charge is 2.42. The van der Waals surface area contributed by atoms with Crippen LogP contribution < -0.4 is 0 Å². The lowest BCUT2D eigenvalue weighted by molar-refractivity contribution is -0.122. The number of allylic oxidation sites excluding steroid dienone is 3. The minimum atomic E-state index is -0.366. The fraction of sp³-hybridized carbons (Fsp3) is 0.278. The van der Waals surface area contributed by atoms with Gasteiger partial charge in [-0.15, -0.1) is 13.2 Å². The highest BCUT2D eigenvalue weighted by molar-refractivity contribution is 6.05. The number of hydrogen-bond donors (Lipinski definition) is 0. The van der Waals surface area contributed by atoms with E-state index in [1.54, 1.807) is 12.1 Å². The number of ketones is 1. The van der Waals surface area contributed by atoms with Crippen LogP contribution in [0, 0.1) is 11.2 Å². The van der Waals surface area contributed by atoms with Gasteiger partial charge in [0.25, 0.3) is 0 Å². The molecule has 0 amide bonds. The van der Waals surface area contributed by atoms with Gasteiger partial charge in [-0.3, -0.25) is 4.79 Å². The number of carbonyl (C=O) groups excluding carboxylic acids is 1. The molecule has 1 aliphatic rings. The Morgan fingerprint density at radius 2 is 1.75 bits per heavy atom. The van der Waals surface area contributed by atoms with Crippen LogP contribution in [0.3, 0.4) is 0 Å². The number of Topliss-reactive ketones (excluding diaryl/α,β-unsaturated/α-hetero) is 1. The zero-order chi connectivity index (χ0) is 14.6. The molecule has 0 unspecified atom stereocenters. The Morgan fingerprint density at radius 1 is 1.15 bits per heavy atom. The van der Waals surface area contributed by atoms with E-state index in [0.717, 1.165) is 24.0 Å². The van der Waals surface area contributed by atoms with E-state index in [2.05, 4.69) is 13.2 Å². The summed E-state index contributed by atoms with van der Waals surface area (Å²) in [5.41, 5.74) is 1.32. The van der Waals surface area contributed by atoms with Crippen molar-refractivity contribution in [1.29, 1.82) is 0 Å². The predicted molar refractivity (Wildman–Crippen MR) is 80.7 cm³/mol. The highest BCUT2D eigenvalue weighted by atomic mass is 19.1. The summed E-state index contributed by atoms with van der Waals surface area (Å²) in [6, 6.07) is 6.20. The summed E-state index contributed by atoms with van der Waals surface area (Å²) in [5.74, 6) is -0.0841. The van der Waals surface area contributed by atoms with Gasteiger partial charge in [0.15, 0.2) is 5.78 Å². The molecule has 0 atom stereocenters. The first-order chi connectivity index (χ1) is 9.61. The largest absolute Gasteiger partial charge is 0.294 e. The van der Waals surface area contributed by atoms with Gasteiger partial charge in [0.05, 0.1) is 0 Å². The van der Waals surface area contributed by atoms with Gasteiger partial charge < -0.3 is 0 Å². The molecule has 2 heteroatoms. The number of rotatable bonds is 5. The molecule has 0 aromatic heterocycles. The maximum absolute atomic E-state index is 12.9. The van der Waals surface area contributed by atoms with Gasteiger partial charge in [0.2, 0.25) is 0 Å². The minimum absolute atomic E-state index is 0.182. The van der Waals surface area contributed by atoms with E-state index in [9.17, 15) is 9.18 Å². The normalized spacial score (nSPS) is 19.2. The molecule has 0 heterocycles. The molecule has 1 aromatic rings. The zero-order valence-corrected chi connectivity index (χ0v) is 11.6. The molecular weight excluding hydrogens is 251 g/mol. The summed E-state index contributed by atoms with van der Waals surface area (Å²) < 4.78 is 12.9.